The zero-order valence-electron chi connectivity index (χ0n) is 11.1. The Morgan fingerprint density at radius 3 is 2.52 bits per heavy atom. The minimum Gasteiger partial charge on any atom is -0.356 e. The van der Waals surface area contributed by atoms with E-state index in [1.54, 1.807) is 6.21 Å². The standard InChI is InChI=1S/C14H12F3N3O/c1-8-11(13-18-6-7-19-13)20-21-12(8)9-2-4-10(5-3-9)14(15,16)17/h2-6,13,19H,7H2,1H3. The zero-order valence-corrected chi connectivity index (χ0v) is 11.1. The molecule has 2 aromatic rings. The van der Waals surface area contributed by atoms with Gasteiger partial charge in [-0.25, -0.2) is 0 Å². The summed E-state index contributed by atoms with van der Waals surface area (Å²) >= 11 is 0. The summed E-state index contributed by atoms with van der Waals surface area (Å²) in [4.78, 5) is 4.21. The smallest absolute Gasteiger partial charge is 0.356 e. The highest BCUT2D eigenvalue weighted by atomic mass is 19.4. The Balaban J connectivity index is 1.92. The van der Waals surface area contributed by atoms with E-state index in [0.29, 0.717) is 23.6 Å². The van der Waals surface area contributed by atoms with Gasteiger partial charge in [-0.15, -0.1) is 0 Å². The monoisotopic (exact) mass is 295 g/mol. The Morgan fingerprint density at radius 2 is 1.95 bits per heavy atom. The van der Waals surface area contributed by atoms with Crippen LogP contribution in [-0.2, 0) is 6.18 Å². The topological polar surface area (TPSA) is 50.4 Å². The highest BCUT2D eigenvalue weighted by molar-refractivity contribution is 5.65. The van der Waals surface area contributed by atoms with E-state index in [0.717, 1.165) is 17.7 Å². The van der Waals surface area contributed by atoms with Crippen molar-refractivity contribution in [2.24, 2.45) is 4.99 Å². The first-order valence-electron chi connectivity index (χ1n) is 6.35. The van der Waals surface area contributed by atoms with Crippen molar-refractivity contribution in [3.8, 4) is 11.3 Å². The summed E-state index contributed by atoms with van der Waals surface area (Å²) in [5.41, 5.74) is 1.29. The number of nitrogens with zero attached hydrogens (tertiary/aromatic N) is 2. The van der Waals surface area contributed by atoms with Gasteiger partial charge >= 0.3 is 6.18 Å². The molecule has 0 aliphatic carbocycles. The average Bonchev–Trinajstić information content (AvgIpc) is 3.07. The average molecular weight is 295 g/mol. The number of halogens is 3. The summed E-state index contributed by atoms with van der Waals surface area (Å²) in [7, 11) is 0. The number of rotatable bonds is 2. The van der Waals surface area contributed by atoms with Gasteiger partial charge in [0.05, 0.1) is 5.56 Å². The fraction of sp³-hybridized carbons (Fsp3) is 0.286. The molecule has 1 atom stereocenters. The summed E-state index contributed by atoms with van der Waals surface area (Å²) in [5.74, 6) is 0.461. The van der Waals surface area contributed by atoms with Gasteiger partial charge in [0.2, 0.25) is 0 Å². The van der Waals surface area contributed by atoms with Crippen molar-refractivity contribution >= 4 is 6.21 Å². The van der Waals surface area contributed by atoms with Crippen LogP contribution in [0.1, 0.15) is 23.0 Å². The number of aromatic nitrogens is 1. The summed E-state index contributed by atoms with van der Waals surface area (Å²) in [6, 6.07) is 4.82. The van der Waals surface area contributed by atoms with Gasteiger partial charge in [-0.3, -0.25) is 10.3 Å². The van der Waals surface area contributed by atoms with Crippen LogP contribution in [0.3, 0.4) is 0 Å². The third-order valence-electron chi connectivity index (χ3n) is 3.35. The third-order valence-corrected chi connectivity index (χ3v) is 3.35. The largest absolute Gasteiger partial charge is 0.416 e. The third kappa shape index (κ3) is 2.56. The molecule has 21 heavy (non-hydrogen) atoms. The molecule has 1 N–H and O–H groups in total. The molecular formula is C14H12F3N3O. The first kappa shape index (κ1) is 13.8. The highest BCUT2D eigenvalue weighted by Crippen LogP contribution is 2.33. The van der Waals surface area contributed by atoms with Crippen molar-refractivity contribution in [1.29, 1.82) is 0 Å². The first-order chi connectivity index (χ1) is 9.97. The van der Waals surface area contributed by atoms with E-state index in [-0.39, 0.29) is 6.17 Å². The Kier molecular flexibility index (Phi) is 3.29. The van der Waals surface area contributed by atoms with E-state index in [2.05, 4.69) is 15.5 Å². The number of hydrogen-bond acceptors (Lipinski definition) is 4. The van der Waals surface area contributed by atoms with Crippen LogP contribution in [-0.4, -0.2) is 17.9 Å². The van der Waals surface area contributed by atoms with E-state index < -0.39 is 11.7 Å². The van der Waals surface area contributed by atoms with E-state index in [1.165, 1.54) is 12.1 Å². The molecule has 1 unspecified atom stereocenters. The Hall–Kier alpha value is -2.15. The van der Waals surface area contributed by atoms with Crippen molar-refractivity contribution < 1.29 is 17.7 Å². The van der Waals surface area contributed by atoms with E-state index >= 15 is 0 Å². The molecule has 2 heterocycles. The molecular weight excluding hydrogens is 283 g/mol. The van der Waals surface area contributed by atoms with Crippen molar-refractivity contribution in [3.05, 3.63) is 41.1 Å². The van der Waals surface area contributed by atoms with Gasteiger partial charge in [0.15, 0.2) is 5.76 Å². The lowest BCUT2D eigenvalue weighted by Crippen LogP contribution is -2.15. The SMILES string of the molecule is Cc1c(C2N=CCN2)noc1-c1ccc(C(F)(F)F)cc1. The summed E-state index contributed by atoms with van der Waals surface area (Å²) in [5, 5.41) is 7.09. The van der Waals surface area contributed by atoms with Gasteiger partial charge in [-0.05, 0) is 19.1 Å². The maximum atomic E-state index is 12.5. The lowest BCUT2D eigenvalue weighted by Gasteiger charge is -2.07. The van der Waals surface area contributed by atoms with Crippen LogP contribution < -0.4 is 5.32 Å². The predicted octanol–water partition coefficient (Wildman–Crippen LogP) is 3.34. The lowest BCUT2D eigenvalue weighted by molar-refractivity contribution is -0.137. The lowest BCUT2D eigenvalue weighted by atomic mass is 10.0. The van der Waals surface area contributed by atoms with Crippen molar-refractivity contribution in [2.45, 2.75) is 19.3 Å². The molecule has 0 radical (unpaired) electrons. The highest BCUT2D eigenvalue weighted by Gasteiger charge is 2.30. The van der Waals surface area contributed by atoms with Crippen LogP contribution >= 0.6 is 0 Å². The molecule has 0 amide bonds. The molecule has 4 nitrogen and oxygen atoms in total. The summed E-state index contributed by atoms with van der Waals surface area (Å²) < 4.78 is 42.9. The Morgan fingerprint density at radius 1 is 1.24 bits per heavy atom. The van der Waals surface area contributed by atoms with Gasteiger partial charge in [0.1, 0.15) is 11.9 Å². The Bertz CT molecular complexity index is 674. The molecule has 0 spiro atoms. The van der Waals surface area contributed by atoms with Crippen LogP contribution in [0.5, 0.6) is 0 Å². The molecule has 0 saturated heterocycles. The van der Waals surface area contributed by atoms with Crippen LogP contribution in [0, 0.1) is 6.92 Å². The number of aliphatic imine (C=N–C) groups is 1. The normalized spacial score (nSPS) is 18.4. The fourth-order valence-corrected chi connectivity index (χ4v) is 2.23. The zero-order chi connectivity index (χ0) is 15.0. The number of benzene rings is 1. The molecule has 0 saturated carbocycles. The molecule has 7 heteroatoms. The van der Waals surface area contributed by atoms with Gasteiger partial charge in [0, 0.05) is 23.9 Å². The molecule has 1 aromatic carbocycles. The molecule has 1 aliphatic rings. The molecule has 1 aromatic heterocycles. The van der Waals surface area contributed by atoms with E-state index in [1.807, 2.05) is 6.92 Å². The van der Waals surface area contributed by atoms with Gasteiger partial charge in [0.25, 0.3) is 0 Å². The quantitative estimate of drug-likeness (QED) is 0.924. The molecule has 1 aliphatic heterocycles. The van der Waals surface area contributed by atoms with Gasteiger partial charge in [-0.2, -0.15) is 13.2 Å². The second kappa shape index (κ2) is 5.00. The second-order valence-electron chi connectivity index (χ2n) is 4.74. The minimum atomic E-state index is -4.34. The molecule has 0 fully saturated rings. The maximum absolute atomic E-state index is 12.5. The van der Waals surface area contributed by atoms with E-state index in [4.69, 9.17) is 4.52 Å². The van der Waals surface area contributed by atoms with Crippen LogP contribution in [0.2, 0.25) is 0 Å². The van der Waals surface area contributed by atoms with Crippen LogP contribution in [0.25, 0.3) is 11.3 Å². The van der Waals surface area contributed by atoms with Crippen molar-refractivity contribution in [3.63, 3.8) is 0 Å². The van der Waals surface area contributed by atoms with Crippen molar-refractivity contribution in [2.75, 3.05) is 6.54 Å². The van der Waals surface area contributed by atoms with E-state index in [9.17, 15) is 13.2 Å². The van der Waals surface area contributed by atoms with Crippen LogP contribution in [0.15, 0.2) is 33.8 Å². The molecule has 110 valence electrons. The predicted molar refractivity (Wildman–Crippen MR) is 70.9 cm³/mol. The summed E-state index contributed by atoms with van der Waals surface area (Å²) in [6.07, 6.45) is -2.85. The number of nitrogens with one attached hydrogen (secondary N) is 1. The molecule has 3 rings (SSSR count). The van der Waals surface area contributed by atoms with Gasteiger partial charge < -0.3 is 4.52 Å². The number of hydrogen-bond donors (Lipinski definition) is 1. The number of alkyl halides is 3. The second-order valence-corrected chi connectivity index (χ2v) is 4.74. The first-order valence-corrected chi connectivity index (χ1v) is 6.35. The summed E-state index contributed by atoms with van der Waals surface area (Å²) in [6.45, 7) is 2.47. The van der Waals surface area contributed by atoms with Crippen LogP contribution in [0.4, 0.5) is 13.2 Å². The fourth-order valence-electron chi connectivity index (χ4n) is 2.23. The Labute approximate surface area is 118 Å². The van der Waals surface area contributed by atoms with Gasteiger partial charge in [-0.1, -0.05) is 17.3 Å². The minimum absolute atomic E-state index is 0.253. The maximum Gasteiger partial charge on any atom is 0.416 e. The molecule has 0 bridgehead atoms. The van der Waals surface area contributed by atoms with Crippen molar-refractivity contribution in [1.82, 2.24) is 10.5 Å².